The second kappa shape index (κ2) is 7.69. The zero-order chi connectivity index (χ0) is 11.8. The van der Waals surface area contributed by atoms with Crippen LogP contribution >= 0.6 is 0 Å². The smallest absolute Gasteiger partial charge is 0.225 e. The lowest BCUT2D eigenvalue weighted by Crippen LogP contribution is -2.40. The van der Waals surface area contributed by atoms with Gasteiger partial charge in [0, 0.05) is 26.1 Å². The summed E-state index contributed by atoms with van der Waals surface area (Å²) < 4.78 is 5.36. The summed E-state index contributed by atoms with van der Waals surface area (Å²) in [5.41, 5.74) is 0. The molecule has 3 heteroatoms. The van der Waals surface area contributed by atoms with Crippen LogP contribution in [-0.4, -0.2) is 37.1 Å². The van der Waals surface area contributed by atoms with Crippen LogP contribution in [0.2, 0.25) is 0 Å². The molecule has 0 aromatic heterocycles. The van der Waals surface area contributed by atoms with Crippen LogP contribution in [0, 0.1) is 5.92 Å². The van der Waals surface area contributed by atoms with Gasteiger partial charge in [0.05, 0.1) is 6.10 Å². The van der Waals surface area contributed by atoms with Crippen LogP contribution in [0.4, 0.5) is 0 Å². The molecule has 0 aromatic rings. The van der Waals surface area contributed by atoms with Gasteiger partial charge in [0.15, 0.2) is 0 Å². The van der Waals surface area contributed by atoms with Crippen LogP contribution in [0.5, 0.6) is 0 Å². The molecular formula is C12H25NO2. The second-order valence-corrected chi connectivity index (χ2v) is 4.18. The summed E-state index contributed by atoms with van der Waals surface area (Å²) in [6.45, 7) is 9.50. The van der Waals surface area contributed by atoms with E-state index in [0.29, 0.717) is 0 Å². The highest BCUT2D eigenvalue weighted by Crippen LogP contribution is 2.07. The van der Waals surface area contributed by atoms with E-state index in [1.165, 1.54) is 0 Å². The van der Waals surface area contributed by atoms with E-state index in [-0.39, 0.29) is 17.9 Å². The fourth-order valence-electron chi connectivity index (χ4n) is 1.59. The van der Waals surface area contributed by atoms with Gasteiger partial charge in [-0.05, 0) is 13.3 Å². The molecule has 15 heavy (non-hydrogen) atoms. The quantitative estimate of drug-likeness (QED) is 0.652. The van der Waals surface area contributed by atoms with E-state index < -0.39 is 0 Å². The third kappa shape index (κ3) is 5.17. The molecule has 0 rings (SSSR count). The van der Waals surface area contributed by atoms with E-state index in [9.17, 15) is 4.79 Å². The fourth-order valence-corrected chi connectivity index (χ4v) is 1.59. The Kier molecular flexibility index (Phi) is 7.39. The molecule has 0 aliphatic rings. The molecule has 1 atom stereocenters. The van der Waals surface area contributed by atoms with Gasteiger partial charge < -0.3 is 9.64 Å². The molecule has 0 heterocycles. The third-order valence-corrected chi connectivity index (χ3v) is 2.56. The standard InChI is InChI=1S/C12H25NO2/c1-6-8-11(15-5)9-13(7-2)12(14)10(3)4/h10-11H,6-9H2,1-5H3. The number of carbonyl (C=O) groups excluding carboxylic acids is 1. The van der Waals surface area contributed by atoms with Crippen molar-refractivity contribution in [2.75, 3.05) is 20.2 Å². The molecule has 0 radical (unpaired) electrons. The van der Waals surface area contributed by atoms with Gasteiger partial charge in [-0.2, -0.15) is 0 Å². The SMILES string of the molecule is CCCC(CN(CC)C(=O)C(C)C)OC. The van der Waals surface area contributed by atoms with Gasteiger partial charge >= 0.3 is 0 Å². The number of carbonyl (C=O) groups is 1. The predicted octanol–water partition coefficient (Wildman–Crippen LogP) is 2.31. The minimum absolute atomic E-state index is 0.0732. The number of hydrogen-bond acceptors (Lipinski definition) is 2. The van der Waals surface area contributed by atoms with Crippen LogP contribution in [0.25, 0.3) is 0 Å². The first kappa shape index (κ1) is 14.4. The Morgan fingerprint density at radius 1 is 1.33 bits per heavy atom. The Morgan fingerprint density at radius 3 is 2.27 bits per heavy atom. The summed E-state index contributed by atoms with van der Waals surface area (Å²) >= 11 is 0. The van der Waals surface area contributed by atoms with E-state index in [1.54, 1.807) is 7.11 Å². The number of hydrogen-bond donors (Lipinski definition) is 0. The Morgan fingerprint density at radius 2 is 1.93 bits per heavy atom. The Bertz CT molecular complexity index is 180. The highest BCUT2D eigenvalue weighted by atomic mass is 16.5. The Balaban J connectivity index is 4.23. The largest absolute Gasteiger partial charge is 0.380 e. The van der Waals surface area contributed by atoms with Crippen molar-refractivity contribution in [2.24, 2.45) is 5.92 Å². The first-order chi connectivity index (χ1) is 7.06. The molecule has 0 aromatic carbocycles. The lowest BCUT2D eigenvalue weighted by Gasteiger charge is -2.27. The van der Waals surface area contributed by atoms with Crippen LogP contribution in [0.3, 0.4) is 0 Å². The molecule has 1 amide bonds. The molecule has 0 aliphatic carbocycles. The molecule has 0 saturated heterocycles. The summed E-state index contributed by atoms with van der Waals surface area (Å²) in [5.74, 6) is 0.291. The highest BCUT2D eigenvalue weighted by molar-refractivity contribution is 5.78. The topological polar surface area (TPSA) is 29.5 Å². The van der Waals surface area contributed by atoms with Crippen molar-refractivity contribution in [3.63, 3.8) is 0 Å². The lowest BCUT2D eigenvalue weighted by atomic mass is 10.1. The van der Waals surface area contributed by atoms with Gasteiger partial charge in [-0.1, -0.05) is 27.2 Å². The monoisotopic (exact) mass is 215 g/mol. The molecule has 0 saturated carbocycles. The van der Waals surface area contributed by atoms with E-state index >= 15 is 0 Å². The first-order valence-corrected chi connectivity index (χ1v) is 5.88. The summed E-state index contributed by atoms with van der Waals surface area (Å²) in [6.07, 6.45) is 2.28. The van der Waals surface area contributed by atoms with Crippen molar-refractivity contribution < 1.29 is 9.53 Å². The van der Waals surface area contributed by atoms with Gasteiger partial charge in [0.1, 0.15) is 0 Å². The molecule has 0 spiro atoms. The maximum Gasteiger partial charge on any atom is 0.225 e. The average molecular weight is 215 g/mol. The molecule has 90 valence electrons. The highest BCUT2D eigenvalue weighted by Gasteiger charge is 2.18. The zero-order valence-corrected chi connectivity index (χ0v) is 10.7. The first-order valence-electron chi connectivity index (χ1n) is 5.88. The van der Waals surface area contributed by atoms with Crippen LogP contribution in [-0.2, 0) is 9.53 Å². The van der Waals surface area contributed by atoms with Crippen molar-refractivity contribution in [1.82, 2.24) is 4.90 Å². The van der Waals surface area contributed by atoms with Crippen molar-refractivity contribution in [3.05, 3.63) is 0 Å². The average Bonchev–Trinajstić information content (AvgIpc) is 2.23. The number of rotatable bonds is 7. The molecule has 0 bridgehead atoms. The van der Waals surface area contributed by atoms with E-state index in [2.05, 4.69) is 6.92 Å². The normalized spacial score (nSPS) is 12.9. The summed E-state index contributed by atoms with van der Waals surface area (Å²) in [6, 6.07) is 0. The minimum Gasteiger partial charge on any atom is -0.380 e. The van der Waals surface area contributed by atoms with Gasteiger partial charge in [0.25, 0.3) is 0 Å². The maximum absolute atomic E-state index is 11.8. The predicted molar refractivity (Wildman–Crippen MR) is 62.8 cm³/mol. The van der Waals surface area contributed by atoms with Crippen LogP contribution < -0.4 is 0 Å². The van der Waals surface area contributed by atoms with Crippen molar-refractivity contribution in [2.45, 2.75) is 46.6 Å². The van der Waals surface area contributed by atoms with Crippen molar-refractivity contribution in [3.8, 4) is 0 Å². The number of nitrogens with zero attached hydrogens (tertiary/aromatic N) is 1. The minimum atomic E-state index is 0.0732. The zero-order valence-electron chi connectivity index (χ0n) is 10.7. The van der Waals surface area contributed by atoms with E-state index in [4.69, 9.17) is 4.74 Å². The van der Waals surface area contributed by atoms with Gasteiger partial charge in [-0.25, -0.2) is 0 Å². The lowest BCUT2D eigenvalue weighted by molar-refractivity contribution is -0.136. The van der Waals surface area contributed by atoms with Gasteiger partial charge in [-0.15, -0.1) is 0 Å². The summed E-state index contributed by atoms with van der Waals surface area (Å²) in [5, 5.41) is 0. The molecular weight excluding hydrogens is 190 g/mol. The van der Waals surface area contributed by atoms with E-state index in [0.717, 1.165) is 25.9 Å². The van der Waals surface area contributed by atoms with Gasteiger partial charge in [0.2, 0.25) is 5.91 Å². The molecule has 3 nitrogen and oxygen atoms in total. The van der Waals surface area contributed by atoms with Crippen LogP contribution in [0.15, 0.2) is 0 Å². The second-order valence-electron chi connectivity index (χ2n) is 4.18. The molecule has 0 N–H and O–H groups in total. The fraction of sp³-hybridized carbons (Fsp3) is 0.917. The number of likely N-dealkylation sites (N-methyl/N-ethyl adjacent to an activating group) is 1. The third-order valence-electron chi connectivity index (χ3n) is 2.56. The number of methoxy groups -OCH3 is 1. The van der Waals surface area contributed by atoms with Crippen molar-refractivity contribution >= 4 is 5.91 Å². The van der Waals surface area contributed by atoms with Crippen molar-refractivity contribution in [1.29, 1.82) is 0 Å². The number of amides is 1. The Labute approximate surface area is 93.8 Å². The molecule has 1 unspecified atom stereocenters. The maximum atomic E-state index is 11.8. The molecule has 0 aliphatic heterocycles. The summed E-state index contributed by atoms with van der Waals surface area (Å²) in [4.78, 5) is 13.7. The van der Waals surface area contributed by atoms with Gasteiger partial charge in [-0.3, -0.25) is 4.79 Å². The Hall–Kier alpha value is -0.570. The number of ether oxygens (including phenoxy) is 1. The van der Waals surface area contributed by atoms with E-state index in [1.807, 2.05) is 25.7 Å². The summed E-state index contributed by atoms with van der Waals surface area (Å²) in [7, 11) is 1.72. The van der Waals surface area contributed by atoms with Crippen LogP contribution in [0.1, 0.15) is 40.5 Å². The molecule has 0 fully saturated rings.